The molecule has 0 fully saturated rings. The first-order chi connectivity index (χ1) is 8.26. The number of rotatable bonds is 8. The van der Waals surface area contributed by atoms with E-state index in [1.54, 1.807) is 0 Å². The van der Waals surface area contributed by atoms with Crippen LogP contribution in [0.3, 0.4) is 0 Å². The Kier molecular flexibility index (Phi) is 6.90. The first-order valence-electron chi connectivity index (χ1n) is 6.77. The van der Waals surface area contributed by atoms with Crippen molar-refractivity contribution in [3.05, 3.63) is 35.4 Å². The molecule has 0 aliphatic carbocycles. The van der Waals surface area contributed by atoms with Crippen LogP contribution < -0.4 is 11.1 Å². The van der Waals surface area contributed by atoms with E-state index in [9.17, 15) is 0 Å². The van der Waals surface area contributed by atoms with Gasteiger partial charge in [0, 0.05) is 12.6 Å². The Bertz CT molecular complexity index is 292. The maximum absolute atomic E-state index is 5.53. The van der Waals surface area contributed by atoms with Crippen LogP contribution in [0.4, 0.5) is 0 Å². The molecule has 1 rings (SSSR count). The molecule has 0 bridgehead atoms. The number of nitrogens with two attached hydrogens (primary N) is 1. The number of hydrogen-bond acceptors (Lipinski definition) is 2. The van der Waals surface area contributed by atoms with Gasteiger partial charge in [-0.1, -0.05) is 44.0 Å². The van der Waals surface area contributed by atoms with Crippen molar-refractivity contribution < 1.29 is 0 Å². The standard InChI is InChI=1S/C15H26N2/c1-3-4-5-13(2)17-12-15-8-6-14(7-9-15)10-11-16/h6-9,13,17H,3-5,10-12,16H2,1-2H3. The molecule has 0 radical (unpaired) electrons. The molecular formula is C15H26N2. The molecule has 2 nitrogen and oxygen atoms in total. The molecule has 1 aromatic rings. The monoisotopic (exact) mass is 234 g/mol. The van der Waals surface area contributed by atoms with Gasteiger partial charge >= 0.3 is 0 Å². The van der Waals surface area contributed by atoms with Gasteiger partial charge in [-0.05, 0) is 37.4 Å². The van der Waals surface area contributed by atoms with Crippen molar-refractivity contribution in [1.29, 1.82) is 0 Å². The Hall–Kier alpha value is -0.860. The number of unbranched alkanes of at least 4 members (excludes halogenated alkanes) is 1. The van der Waals surface area contributed by atoms with Gasteiger partial charge in [-0.15, -0.1) is 0 Å². The van der Waals surface area contributed by atoms with Gasteiger partial charge in [0.25, 0.3) is 0 Å². The van der Waals surface area contributed by atoms with Gasteiger partial charge in [-0.2, -0.15) is 0 Å². The predicted molar refractivity (Wildman–Crippen MR) is 75.0 cm³/mol. The molecule has 96 valence electrons. The van der Waals surface area contributed by atoms with E-state index in [0.717, 1.165) is 19.5 Å². The Balaban J connectivity index is 2.31. The lowest BCUT2D eigenvalue weighted by Crippen LogP contribution is -2.25. The first-order valence-corrected chi connectivity index (χ1v) is 6.77. The largest absolute Gasteiger partial charge is 0.330 e. The lowest BCUT2D eigenvalue weighted by atomic mass is 10.1. The summed E-state index contributed by atoms with van der Waals surface area (Å²) in [4.78, 5) is 0. The zero-order chi connectivity index (χ0) is 12.5. The van der Waals surface area contributed by atoms with E-state index in [2.05, 4.69) is 43.4 Å². The summed E-state index contributed by atoms with van der Waals surface area (Å²) in [6, 6.07) is 9.37. The summed E-state index contributed by atoms with van der Waals surface area (Å²) >= 11 is 0. The Labute approximate surface area is 106 Å². The van der Waals surface area contributed by atoms with Crippen molar-refractivity contribution >= 4 is 0 Å². The highest BCUT2D eigenvalue weighted by atomic mass is 14.9. The van der Waals surface area contributed by atoms with Crippen molar-refractivity contribution in [1.82, 2.24) is 5.32 Å². The fourth-order valence-corrected chi connectivity index (χ4v) is 1.89. The fourth-order valence-electron chi connectivity index (χ4n) is 1.89. The smallest absolute Gasteiger partial charge is 0.0207 e. The lowest BCUT2D eigenvalue weighted by Gasteiger charge is -2.13. The maximum atomic E-state index is 5.53. The second-order valence-electron chi connectivity index (χ2n) is 4.78. The predicted octanol–water partition coefficient (Wildman–Crippen LogP) is 2.86. The van der Waals surface area contributed by atoms with Crippen molar-refractivity contribution in [3.8, 4) is 0 Å². The van der Waals surface area contributed by atoms with Crippen LogP contribution in [0.25, 0.3) is 0 Å². The molecule has 1 aromatic carbocycles. The first kappa shape index (κ1) is 14.2. The highest BCUT2D eigenvalue weighted by Gasteiger charge is 2.00. The average Bonchev–Trinajstić information content (AvgIpc) is 2.36. The van der Waals surface area contributed by atoms with Gasteiger partial charge in [0.15, 0.2) is 0 Å². The lowest BCUT2D eigenvalue weighted by molar-refractivity contribution is 0.495. The molecule has 0 aliphatic heterocycles. The summed E-state index contributed by atoms with van der Waals surface area (Å²) < 4.78 is 0. The molecular weight excluding hydrogens is 208 g/mol. The number of benzene rings is 1. The summed E-state index contributed by atoms with van der Waals surface area (Å²) in [5.41, 5.74) is 8.22. The summed E-state index contributed by atoms with van der Waals surface area (Å²) in [5.74, 6) is 0. The Morgan fingerprint density at radius 1 is 1.18 bits per heavy atom. The van der Waals surface area contributed by atoms with Crippen LogP contribution in [0.5, 0.6) is 0 Å². The normalized spacial score (nSPS) is 12.6. The topological polar surface area (TPSA) is 38.0 Å². The van der Waals surface area contributed by atoms with Crippen LogP contribution in [-0.4, -0.2) is 12.6 Å². The molecule has 2 heteroatoms. The average molecular weight is 234 g/mol. The zero-order valence-electron chi connectivity index (χ0n) is 11.2. The molecule has 0 heterocycles. The summed E-state index contributed by atoms with van der Waals surface area (Å²) in [7, 11) is 0. The number of nitrogens with one attached hydrogen (secondary N) is 1. The van der Waals surface area contributed by atoms with Crippen molar-refractivity contribution in [3.63, 3.8) is 0 Å². The molecule has 0 spiro atoms. The maximum Gasteiger partial charge on any atom is 0.0207 e. The highest BCUT2D eigenvalue weighted by Crippen LogP contribution is 2.06. The van der Waals surface area contributed by atoms with Crippen LogP contribution in [-0.2, 0) is 13.0 Å². The minimum Gasteiger partial charge on any atom is -0.330 e. The minimum absolute atomic E-state index is 0.610. The third kappa shape index (κ3) is 5.85. The molecule has 1 unspecified atom stereocenters. The SMILES string of the molecule is CCCCC(C)NCc1ccc(CCN)cc1. The van der Waals surface area contributed by atoms with E-state index < -0.39 is 0 Å². The van der Waals surface area contributed by atoms with Crippen LogP contribution in [0.2, 0.25) is 0 Å². The summed E-state index contributed by atoms with van der Waals surface area (Å²) in [5, 5.41) is 3.56. The van der Waals surface area contributed by atoms with Crippen LogP contribution in [0.1, 0.15) is 44.2 Å². The molecule has 0 saturated carbocycles. The van der Waals surface area contributed by atoms with Crippen LogP contribution in [0.15, 0.2) is 24.3 Å². The minimum atomic E-state index is 0.610. The molecule has 0 saturated heterocycles. The van der Waals surface area contributed by atoms with E-state index in [4.69, 9.17) is 5.73 Å². The second-order valence-corrected chi connectivity index (χ2v) is 4.78. The van der Waals surface area contributed by atoms with E-state index >= 15 is 0 Å². The Morgan fingerprint density at radius 3 is 2.41 bits per heavy atom. The Morgan fingerprint density at radius 2 is 1.82 bits per heavy atom. The highest BCUT2D eigenvalue weighted by molar-refractivity contribution is 5.22. The van der Waals surface area contributed by atoms with E-state index in [0.29, 0.717) is 6.04 Å². The molecule has 3 N–H and O–H groups in total. The van der Waals surface area contributed by atoms with Crippen molar-refractivity contribution in [2.24, 2.45) is 5.73 Å². The summed E-state index contributed by atoms with van der Waals surface area (Å²) in [6.07, 6.45) is 4.83. The van der Waals surface area contributed by atoms with E-state index in [-0.39, 0.29) is 0 Å². The molecule has 1 atom stereocenters. The van der Waals surface area contributed by atoms with Gasteiger partial charge in [-0.3, -0.25) is 0 Å². The third-order valence-corrected chi connectivity index (χ3v) is 3.10. The third-order valence-electron chi connectivity index (χ3n) is 3.10. The summed E-state index contributed by atoms with van der Waals surface area (Å²) in [6.45, 7) is 6.20. The van der Waals surface area contributed by atoms with Gasteiger partial charge in [0.05, 0.1) is 0 Å². The molecule has 0 aliphatic rings. The van der Waals surface area contributed by atoms with E-state index in [1.807, 2.05) is 0 Å². The van der Waals surface area contributed by atoms with Gasteiger partial charge in [-0.25, -0.2) is 0 Å². The molecule has 0 aromatic heterocycles. The van der Waals surface area contributed by atoms with Gasteiger partial charge in [0.1, 0.15) is 0 Å². The quantitative estimate of drug-likeness (QED) is 0.726. The number of hydrogen-bond donors (Lipinski definition) is 2. The van der Waals surface area contributed by atoms with Gasteiger partial charge in [0.2, 0.25) is 0 Å². The van der Waals surface area contributed by atoms with E-state index in [1.165, 1.54) is 30.4 Å². The van der Waals surface area contributed by atoms with Crippen LogP contribution in [0, 0.1) is 0 Å². The van der Waals surface area contributed by atoms with Crippen molar-refractivity contribution in [2.45, 2.75) is 52.1 Å². The van der Waals surface area contributed by atoms with Crippen molar-refractivity contribution in [2.75, 3.05) is 6.54 Å². The molecule has 0 amide bonds. The zero-order valence-corrected chi connectivity index (χ0v) is 11.2. The van der Waals surface area contributed by atoms with Gasteiger partial charge < -0.3 is 11.1 Å². The second kappa shape index (κ2) is 8.26. The van der Waals surface area contributed by atoms with Crippen LogP contribution >= 0.6 is 0 Å². The molecule has 17 heavy (non-hydrogen) atoms. The fraction of sp³-hybridized carbons (Fsp3) is 0.600.